The Morgan fingerprint density at radius 2 is 1.69 bits per heavy atom. The van der Waals surface area contributed by atoms with Crippen LogP contribution in [-0.4, -0.2) is 35.5 Å². The molecule has 1 aromatic heterocycles. The fourth-order valence-corrected chi connectivity index (χ4v) is 8.19. The summed E-state index contributed by atoms with van der Waals surface area (Å²) < 4.78 is 6.22. The number of carbonyl (C=O) groups excluding carboxylic acids is 4. The van der Waals surface area contributed by atoms with Gasteiger partial charge in [-0.1, -0.05) is 65.7 Å². The Hall–Kier alpha value is -4.19. The molecule has 1 atom stereocenters. The molecule has 8 nitrogen and oxygen atoms in total. The molecule has 1 aliphatic rings. The van der Waals surface area contributed by atoms with E-state index in [1.54, 1.807) is 55.5 Å². The third kappa shape index (κ3) is 9.71. The van der Waals surface area contributed by atoms with Crippen LogP contribution in [0.25, 0.3) is 6.08 Å². The van der Waals surface area contributed by atoms with Crippen molar-refractivity contribution < 1.29 is 23.9 Å². The van der Waals surface area contributed by atoms with Gasteiger partial charge in [0.15, 0.2) is 0 Å². The van der Waals surface area contributed by atoms with Gasteiger partial charge in [-0.3, -0.25) is 14.4 Å². The van der Waals surface area contributed by atoms with Crippen LogP contribution in [0.15, 0.2) is 93.9 Å². The summed E-state index contributed by atoms with van der Waals surface area (Å²) in [6.07, 6.45) is 7.03. The van der Waals surface area contributed by atoms with E-state index in [2.05, 4.69) is 31.9 Å². The summed E-state index contributed by atoms with van der Waals surface area (Å²) in [5, 5.41) is 8.82. The number of carbonyl (C=O) groups is 4. The molecular formula is C38H38BrN3O5S2. The molecule has 3 aromatic carbocycles. The minimum absolute atomic E-state index is 0.0718. The van der Waals surface area contributed by atoms with Crippen LogP contribution in [0.1, 0.15) is 76.3 Å². The number of thiophene rings is 1. The van der Waals surface area contributed by atoms with Crippen LogP contribution in [0.5, 0.6) is 0 Å². The van der Waals surface area contributed by atoms with Gasteiger partial charge in [-0.2, -0.15) is 0 Å². The number of hydrogen-bond donors (Lipinski definition) is 3. The number of thioether (sulfide) groups is 1. The molecule has 1 heterocycles. The first-order valence-electron chi connectivity index (χ1n) is 16.3. The van der Waals surface area contributed by atoms with Gasteiger partial charge < -0.3 is 20.7 Å². The highest BCUT2D eigenvalue weighted by atomic mass is 79.9. The summed E-state index contributed by atoms with van der Waals surface area (Å²) in [4.78, 5) is 55.2. The summed E-state index contributed by atoms with van der Waals surface area (Å²) in [5.74, 6) is -1.51. The second-order valence-corrected chi connectivity index (χ2v) is 14.7. The Labute approximate surface area is 303 Å². The van der Waals surface area contributed by atoms with Gasteiger partial charge in [-0.05, 0) is 98.7 Å². The predicted octanol–water partition coefficient (Wildman–Crippen LogP) is 8.88. The summed E-state index contributed by atoms with van der Waals surface area (Å²) >= 11 is 6.31. The number of rotatable bonds is 12. The second-order valence-electron chi connectivity index (χ2n) is 11.4. The number of hydrogen-bond acceptors (Lipinski definition) is 7. The van der Waals surface area contributed by atoms with E-state index in [1.807, 2.05) is 43.3 Å². The number of nitrogens with one attached hydrogen (secondary N) is 3. The number of benzene rings is 3. The van der Waals surface area contributed by atoms with Crippen molar-refractivity contribution in [2.75, 3.05) is 17.2 Å². The van der Waals surface area contributed by atoms with E-state index >= 15 is 0 Å². The minimum atomic E-state index is -0.500. The van der Waals surface area contributed by atoms with Crippen LogP contribution in [0.2, 0.25) is 0 Å². The van der Waals surface area contributed by atoms with Crippen molar-refractivity contribution in [2.24, 2.45) is 0 Å². The molecule has 5 rings (SSSR count). The largest absolute Gasteiger partial charge is 0.462 e. The van der Waals surface area contributed by atoms with E-state index in [9.17, 15) is 19.2 Å². The van der Waals surface area contributed by atoms with Crippen molar-refractivity contribution in [2.45, 2.75) is 62.5 Å². The number of anilines is 2. The first-order valence-corrected chi connectivity index (χ1v) is 18.8. The summed E-state index contributed by atoms with van der Waals surface area (Å²) in [6, 6.07) is 23.3. The van der Waals surface area contributed by atoms with Gasteiger partial charge in [0.1, 0.15) is 10.7 Å². The minimum Gasteiger partial charge on any atom is -0.462 e. The quantitative estimate of drug-likeness (QED) is 0.0576. The molecule has 0 saturated carbocycles. The zero-order chi connectivity index (χ0) is 34.8. The molecule has 0 radical (unpaired) electrons. The molecule has 0 saturated heterocycles. The first-order chi connectivity index (χ1) is 23.7. The topological polar surface area (TPSA) is 114 Å². The molecule has 3 amide bonds. The smallest absolute Gasteiger partial charge is 0.341 e. The number of esters is 1. The van der Waals surface area contributed by atoms with Crippen LogP contribution in [-0.2, 0) is 27.2 Å². The van der Waals surface area contributed by atoms with E-state index in [4.69, 9.17) is 4.74 Å². The Morgan fingerprint density at radius 3 is 2.45 bits per heavy atom. The van der Waals surface area contributed by atoms with Crippen molar-refractivity contribution in [1.82, 2.24) is 5.32 Å². The molecule has 11 heteroatoms. The number of fused-ring (bicyclic) bond motifs is 1. The molecule has 0 spiro atoms. The lowest BCUT2D eigenvalue weighted by atomic mass is 10.1. The predicted molar refractivity (Wildman–Crippen MR) is 201 cm³/mol. The van der Waals surface area contributed by atoms with E-state index in [-0.39, 0.29) is 18.2 Å². The Kier molecular flexibility index (Phi) is 12.9. The van der Waals surface area contributed by atoms with Gasteiger partial charge >= 0.3 is 5.97 Å². The summed E-state index contributed by atoms with van der Waals surface area (Å²) in [6.45, 7) is 3.98. The van der Waals surface area contributed by atoms with Crippen molar-refractivity contribution in [1.29, 1.82) is 0 Å². The maximum atomic E-state index is 13.6. The van der Waals surface area contributed by atoms with Crippen LogP contribution >= 0.6 is 39.0 Å². The number of aryl methyl sites for hydroxylation is 1. The van der Waals surface area contributed by atoms with Crippen molar-refractivity contribution >= 4 is 79.5 Å². The highest BCUT2D eigenvalue weighted by Crippen LogP contribution is 2.39. The van der Waals surface area contributed by atoms with Crippen LogP contribution in [0.4, 0.5) is 10.7 Å². The van der Waals surface area contributed by atoms with Crippen LogP contribution in [0, 0.1) is 0 Å². The van der Waals surface area contributed by atoms with Gasteiger partial charge in [0.25, 0.3) is 11.8 Å². The average Bonchev–Trinajstić information content (AvgIpc) is 3.27. The van der Waals surface area contributed by atoms with Gasteiger partial charge in [-0.25, -0.2) is 4.79 Å². The Bertz CT molecular complexity index is 1860. The van der Waals surface area contributed by atoms with Gasteiger partial charge in [0, 0.05) is 25.5 Å². The number of amides is 3. The van der Waals surface area contributed by atoms with Crippen molar-refractivity contribution in [3.05, 3.63) is 116 Å². The zero-order valence-electron chi connectivity index (χ0n) is 27.3. The van der Waals surface area contributed by atoms with Gasteiger partial charge in [0.2, 0.25) is 5.91 Å². The summed E-state index contributed by atoms with van der Waals surface area (Å²) in [5.41, 5.74) is 3.22. The molecule has 4 aromatic rings. The molecule has 1 aliphatic carbocycles. The third-order valence-electron chi connectivity index (χ3n) is 7.86. The molecule has 1 unspecified atom stereocenters. The van der Waals surface area contributed by atoms with Crippen LogP contribution in [0.3, 0.4) is 0 Å². The second kappa shape index (κ2) is 17.5. The first kappa shape index (κ1) is 36.1. The lowest BCUT2D eigenvalue weighted by Gasteiger charge is -2.16. The van der Waals surface area contributed by atoms with Gasteiger partial charge in [0.05, 0.1) is 17.4 Å². The van der Waals surface area contributed by atoms with E-state index in [0.29, 0.717) is 28.2 Å². The molecule has 0 aliphatic heterocycles. The van der Waals surface area contributed by atoms with E-state index < -0.39 is 23.0 Å². The Morgan fingerprint density at radius 1 is 0.918 bits per heavy atom. The van der Waals surface area contributed by atoms with Crippen molar-refractivity contribution in [3.63, 3.8) is 0 Å². The lowest BCUT2D eigenvalue weighted by Crippen LogP contribution is -2.30. The zero-order valence-corrected chi connectivity index (χ0v) is 30.6. The maximum Gasteiger partial charge on any atom is 0.341 e. The van der Waals surface area contributed by atoms with E-state index in [1.165, 1.54) is 23.1 Å². The molecular weight excluding hydrogens is 722 g/mol. The van der Waals surface area contributed by atoms with Crippen molar-refractivity contribution in [3.8, 4) is 0 Å². The van der Waals surface area contributed by atoms with Crippen LogP contribution < -0.4 is 16.0 Å². The maximum absolute atomic E-state index is 13.6. The third-order valence-corrected chi connectivity index (χ3v) is 10.9. The van der Waals surface area contributed by atoms with Gasteiger partial charge in [-0.15, -0.1) is 23.1 Å². The fraction of sp³-hybridized carbons (Fsp3) is 0.263. The average molecular weight is 761 g/mol. The normalized spacial score (nSPS) is 13.4. The standard InChI is InChI=1S/C38H38BrN3O5S2/c1-3-31(36(45)42-37-33(38(46)47-4-2)29-19-9-6-10-20-32(29)49-37)48-28-18-12-17-27(23-28)40-35(44)30(22-24-13-11-16-26(39)21-24)41-34(43)25-14-7-5-8-15-25/h5,7-8,11-18,21-23,31H,3-4,6,9-10,19-20H2,1-2H3,(H,40,44)(H,41,43)(H,42,45)/b30-22+. The monoisotopic (exact) mass is 759 g/mol. The number of ether oxygens (including phenoxy) is 1. The molecule has 0 bridgehead atoms. The van der Waals surface area contributed by atoms with E-state index in [0.717, 1.165) is 57.5 Å². The molecule has 0 fully saturated rings. The highest BCUT2D eigenvalue weighted by molar-refractivity contribution is 9.10. The SMILES string of the molecule is CCOC(=O)c1c(NC(=O)C(CC)Sc2cccc(NC(=O)/C(=C\c3cccc(Br)c3)NC(=O)c3ccccc3)c2)sc2c1CCCCC2. The number of halogens is 1. The highest BCUT2D eigenvalue weighted by Gasteiger charge is 2.28. The Balaban J connectivity index is 1.32. The lowest BCUT2D eigenvalue weighted by molar-refractivity contribution is -0.116. The molecule has 49 heavy (non-hydrogen) atoms. The summed E-state index contributed by atoms with van der Waals surface area (Å²) in [7, 11) is 0. The molecule has 3 N–H and O–H groups in total. The molecule has 254 valence electrons. The fourth-order valence-electron chi connectivity index (χ4n) is 5.48.